The van der Waals surface area contributed by atoms with Gasteiger partial charge < -0.3 is 14.6 Å². The summed E-state index contributed by atoms with van der Waals surface area (Å²) < 4.78 is 11.3. The van der Waals surface area contributed by atoms with Crippen molar-refractivity contribution in [2.75, 3.05) is 6.61 Å². The second-order valence-electron chi connectivity index (χ2n) is 6.68. The van der Waals surface area contributed by atoms with Crippen LogP contribution in [0.3, 0.4) is 0 Å². The van der Waals surface area contributed by atoms with Crippen molar-refractivity contribution in [3.8, 4) is 0 Å². The zero-order chi connectivity index (χ0) is 17.9. The second kappa shape index (κ2) is 7.38. The summed E-state index contributed by atoms with van der Waals surface area (Å²) in [6.07, 6.45) is -0.320. The monoisotopic (exact) mass is 340 g/mol. The topological polar surface area (TPSA) is 55.8 Å². The van der Waals surface area contributed by atoms with Gasteiger partial charge in [0.1, 0.15) is 11.7 Å². The van der Waals surface area contributed by atoms with Crippen LogP contribution in [0, 0.1) is 5.92 Å². The maximum absolute atomic E-state index is 12.4. The zero-order valence-electron chi connectivity index (χ0n) is 14.6. The maximum Gasteiger partial charge on any atom is 0.312 e. The Bertz CT molecular complexity index is 698. The summed E-state index contributed by atoms with van der Waals surface area (Å²) in [5, 5.41) is 11.9. The van der Waals surface area contributed by atoms with Crippen LogP contribution < -0.4 is 0 Å². The van der Waals surface area contributed by atoms with Crippen molar-refractivity contribution >= 4 is 5.97 Å². The SMILES string of the molecule is CC(C)O[C@@H](c1ccccc1)[C@](O)(c1ccccc1)[C@@H]1CCOC1=O. The van der Waals surface area contributed by atoms with E-state index in [4.69, 9.17) is 9.47 Å². The summed E-state index contributed by atoms with van der Waals surface area (Å²) in [6, 6.07) is 18.9. The van der Waals surface area contributed by atoms with E-state index in [0.29, 0.717) is 18.6 Å². The van der Waals surface area contributed by atoms with Crippen LogP contribution in [0.1, 0.15) is 37.5 Å². The number of hydrogen-bond donors (Lipinski definition) is 1. The largest absolute Gasteiger partial charge is 0.465 e. The predicted octanol–water partition coefficient (Wildman–Crippen LogP) is 3.60. The second-order valence-corrected chi connectivity index (χ2v) is 6.68. The minimum Gasteiger partial charge on any atom is -0.465 e. The first kappa shape index (κ1) is 17.6. The van der Waals surface area contributed by atoms with Gasteiger partial charge in [-0.2, -0.15) is 0 Å². The molecule has 4 nitrogen and oxygen atoms in total. The molecule has 1 saturated heterocycles. The molecule has 0 spiro atoms. The van der Waals surface area contributed by atoms with Crippen LogP contribution >= 0.6 is 0 Å². The Kier molecular flexibility index (Phi) is 5.21. The zero-order valence-corrected chi connectivity index (χ0v) is 14.6. The van der Waals surface area contributed by atoms with Gasteiger partial charge in [0.2, 0.25) is 0 Å². The molecular weight excluding hydrogens is 316 g/mol. The molecule has 132 valence electrons. The Balaban J connectivity index is 2.15. The summed E-state index contributed by atoms with van der Waals surface area (Å²) >= 11 is 0. The van der Waals surface area contributed by atoms with E-state index in [1.54, 1.807) is 0 Å². The van der Waals surface area contributed by atoms with Gasteiger partial charge in [-0.1, -0.05) is 60.7 Å². The normalized spacial score (nSPS) is 21.0. The highest BCUT2D eigenvalue weighted by atomic mass is 16.5. The summed E-state index contributed by atoms with van der Waals surface area (Å²) in [4.78, 5) is 12.4. The average Bonchev–Trinajstić information content (AvgIpc) is 3.07. The Hall–Kier alpha value is -2.17. The first-order chi connectivity index (χ1) is 12.0. The molecule has 0 aromatic heterocycles. The van der Waals surface area contributed by atoms with E-state index in [1.807, 2.05) is 74.5 Å². The lowest BCUT2D eigenvalue weighted by atomic mass is 9.74. The number of ether oxygens (including phenoxy) is 2. The van der Waals surface area contributed by atoms with Gasteiger partial charge in [-0.05, 0) is 31.4 Å². The van der Waals surface area contributed by atoms with Crippen LogP contribution in [0.25, 0.3) is 0 Å². The molecular formula is C21H24O4. The van der Waals surface area contributed by atoms with E-state index in [9.17, 15) is 9.90 Å². The molecule has 3 rings (SSSR count). The third kappa shape index (κ3) is 3.46. The molecule has 0 saturated carbocycles. The first-order valence-electron chi connectivity index (χ1n) is 8.68. The van der Waals surface area contributed by atoms with Crippen molar-refractivity contribution in [3.63, 3.8) is 0 Å². The molecule has 0 unspecified atom stereocenters. The lowest BCUT2D eigenvalue weighted by Crippen LogP contribution is -2.45. The van der Waals surface area contributed by atoms with Crippen molar-refractivity contribution in [2.45, 2.75) is 38.1 Å². The summed E-state index contributed by atoms with van der Waals surface area (Å²) in [7, 11) is 0. The van der Waals surface area contributed by atoms with Crippen LogP contribution in [0.5, 0.6) is 0 Å². The van der Waals surface area contributed by atoms with Crippen molar-refractivity contribution in [1.82, 2.24) is 0 Å². The number of rotatable bonds is 6. The van der Waals surface area contributed by atoms with Gasteiger partial charge in [0.25, 0.3) is 0 Å². The fourth-order valence-corrected chi connectivity index (χ4v) is 3.47. The molecule has 1 heterocycles. The number of aliphatic hydroxyl groups is 1. The Labute approximate surface area is 148 Å². The molecule has 0 radical (unpaired) electrons. The number of carbonyl (C=O) groups excluding carboxylic acids is 1. The van der Waals surface area contributed by atoms with Crippen molar-refractivity contribution in [3.05, 3.63) is 71.8 Å². The molecule has 2 aromatic rings. The number of hydrogen-bond acceptors (Lipinski definition) is 4. The van der Waals surface area contributed by atoms with E-state index < -0.39 is 17.6 Å². The molecule has 1 fully saturated rings. The van der Waals surface area contributed by atoms with E-state index in [2.05, 4.69) is 0 Å². The van der Waals surface area contributed by atoms with Gasteiger partial charge in [0.05, 0.1) is 18.6 Å². The first-order valence-corrected chi connectivity index (χ1v) is 8.68. The fraction of sp³-hybridized carbons (Fsp3) is 0.381. The van der Waals surface area contributed by atoms with Crippen LogP contribution in [-0.2, 0) is 19.9 Å². The third-order valence-electron chi connectivity index (χ3n) is 4.61. The number of cyclic esters (lactones) is 1. The molecule has 25 heavy (non-hydrogen) atoms. The average molecular weight is 340 g/mol. The van der Waals surface area contributed by atoms with Crippen molar-refractivity contribution in [2.24, 2.45) is 5.92 Å². The lowest BCUT2D eigenvalue weighted by Gasteiger charge is -2.40. The number of carbonyl (C=O) groups is 1. The van der Waals surface area contributed by atoms with Gasteiger partial charge in [0, 0.05) is 0 Å². The molecule has 1 aliphatic heterocycles. The maximum atomic E-state index is 12.4. The van der Waals surface area contributed by atoms with Gasteiger partial charge in [-0.25, -0.2) is 0 Å². The highest BCUT2D eigenvalue weighted by Crippen LogP contribution is 2.47. The number of esters is 1. The van der Waals surface area contributed by atoms with E-state index in [1.165, 1.54) is 0 Å². The Morgan fingerprint density at radius 3 is 2.20 bits per heavy atom. The molecule has 4 heteroatoms. The predicted molar refractivity (Wildman–Crippen MR) is 94.8 cm³/mol. The van der Waals surface area contributed by atoms with Crippen LogP contribution in [0.15, 0.2) is 60.7 Å². The molecule has 3 atom stereocenters. The molecule has 1 N–H and O–H groups in total. The van der Waals surface area contributed by atoms with Gasteiger partial charge >= 0.3 is 5.97 Å². The van der Waals surface area contributed by atoms with Gasteiger partial charge in [0.15, 0.2) is 0 Å². The lowest BCUT2D eigenvalue weighted by molar-refractivity contribution is -0.178. The minimum atomic E-state index is -1.50. The Morgan fingerprint density at radius 2 is 1.68 bits per heavy atom. The standard InChI is InChI=1S/C21H24O4/c1-15(2)25-19(16-9-5-3-6-10-16)21(23,17-11-7-4-8-12-17)18-13-14-24-20(18)22/h3-12,15,18-19,23H,13-14H2,1-2H3/t18-,19+,21+/m1/s1. The fourth-order valence-electron chi connectivity index (χ4n) is 3.47. The highest BCUT2D eigenvalue weighted by molar-refractivity contribution is 5.76. The van der Waals surface area contributed by atoms with Crippen molar-refractivity contribution in [1.29, 1.82) is 0 Å². The number of benzene rings is 2. The summed E-state index contributed by atoms with van der Waals surface area (Å²) in [5.74, 6) is -1.04. The molecule has 0 aliphatic carbocycles. The van der Waals surface area contributed by atoms with Gasteiger partial charge in [-0.15, -0.1) is 0 Å². The van der Waals surface area contributed by atoms with Crippen molar-refractivity contribution < 1.29 is 19.4 Å². The third-order valence-corrected chi connectivity index (χ3v) is 4.61. The molecule has 2 aromatic carbocycles. The smallest absolute Gasteiger partial charge is 0.312 e. The molecule has 1 aliphatic rings. The van der Waals surface area contributed by atoms with Crippen LogP contribution in [0.2, 0.25) is 0 Å². The minimum absolute atomic E-state index is 0.113. The van der Waals surface area contributed by atoms with E-state index in [-0.39, 0.29) is 12.1 Å². The quantitative estimate of drug-likeness (QED) is 0.816. The van der Waals surface area contributed by atoms with Crippen LogP contribution in [0.4, 0.5) is 0 Å². The Morgan fingerprint density at radius 1 is 1.08 bits per heavy atom. The van der Waals surface area contributed by atoms with E-state index >= 15 is 0 Å². The summed E-state index contributed by atoms with van der Waals surface area (Å²) in [5.41, 5.74) is -0.00361. The van der Waals surface area contributed by atoms with Gasteiger partial charge in [-0.3, -0.25) is 4.79 Å². The van der Waals surface area contributed by atoms with E-state index in [0.717, 1.165) is 5.56 Å². The summed E-state index contributed by atoms with van der Waals surface area (Å²) in [6.45, 7) is 4.17. The molecule has 0 bridgehead atoms. The van der Waals surface area contributed by atoms with Crippen LogP contribution in [-0.4, -0.2) is 23.8 Å². The molecule has 0 amide bonds. The highest BCUT2D eigenvalue weighted by Gasteiger charge is 2.53.